The Bertz CT molecular complexity index is 1120. The fraction of sp³-hybridized carbons (Fsp3) is 0.208. The Balaban J connectivity index is 1.54. The Labute approximate surface area is 173 Å². The van der Waals surface area contributed by atoms with E-state index in [2.05, 4.69) is 15.2 Å². The number of hydrogen-bond acceptors (Lipinski definition) is 4. The van der Waals surface area contributed by atoms with Gasteiger partial charge in [0, 0.05) is 30.6 Å². The van der Waals surface area contributed by atoms with Crippen LogP contribution in [0.4, 0.5) is 4.39 Å². The molecule has 150 valence electrons. The predicted octanol–water partition coefficient (Wildman–Crippen LogP) is 3.98. The lowest BCUT2D eigenvalue weighted by atomic mass is 9.72. The number of rotatable bonds is 4. The van der Waals surface area contributed by atoms with Gasteiger partial charge in [0.1, 0.15) is 17.2 Å². The molecule has 1 unspecified atom stereocenters. The summed E-state index contributed by atoms with van der Waals surface area (Å²) in [5.41, 5.74) is 1.20. The van der Waals surface area contributed by atoms with Crippen molar-refractivity contribution in [3.63, 3.8) is 0 Å². The average molecular weight is 400 g/mol. The Morgan fingerprint density at radius 2 is 1.60 bits per heavy atom. The van der Waals surface area contributed by atoms with Crippen molar-refractivity contribution < 1.29 is 9.50 Å². The van der Waals surface area contributed by atoms with Gasteiger partial charge in [0.25, 0.3) is 0 Å². The largest absolute Gasteiger partial charge is 0.380 e. The van der Waals surface area contributed by atoms with Gasteiger partial charge in [-0.15, -0.1) is 10.2 Å². The van der Waals surface area contributed by atoms with Crippen LogP contribution in [-0.2, 0) is 18.6 Å². The van der Waals surface area contributed by atoms with Gasteiger partial charge in [-0.2, -0.15) is 0 Å². The molecule has 2 aromatic heterocycles. The smallest absolute Gasteiger partial charge is 0.165 e. The molecule has 0 saturated carbocycles. The first kappa shape index (κ1) is 18.6. The first-order chi connectivity index (χ1) is 14.7. The minimum absolute atomic E-state index is 0.0718. The molecule has 0 aliphatic carbocycles. The molecule has 0 amide bonds. The summed E-state index contributed by atoms with van der Waals surface area (Å²) in [7, 11) is 0. The second-order valence-electron chi connectivity index (χ2n) is 7.67. The van der Waals surface area contributed by atoms with Crippen molar-refractivity contribution in [3.8, 4) is 11.4 Å². The first-order valence-corrected chi connectivity index (χ1v) is 10.0. The molecule has 3 heterocycles. The van der Waals surface area contributed by atoms with Crippen LogP contribution in [0.2, 0.25) is 0 Å². The van der Waals surface area contributed by atoms with Gasteiger partial charge in [-0.25, -0.2) is 4.39 Å². The Morgan fingerprint density at radius 1 is 0.933 bits per heavy atom. The van der Waals surface area contributed by atoms with Crippen molar-refractivity contribution in [2.75, 3.05) is 0 Å². The van der Waals surface area contributed by atoms with Crippen molar-refractivity contribution in [3.05, 3.63) is 102 Å². The van der Waals surface area contributed by atoms with Crippen LogP contribution in [0.25, 0.3) is 11.4 Å². The van der Waals surface area contributed by atoms with Crippen LogP contribution in [0.5, 0.6) is 0 Å². The van der Waals surface area contributed by atoms with E-state index in [1.165, 1.54) is 12.3 Å². The Morgan fingerprint density at radius 3 is 2.23 bits per heavy atom. The summed E-state index contributed by atoms with van der Waals surface area (Å²) in [6, 6.07) is 21.0. The predicted molar refractivity (Wildman–Crippen MR) is 111 cm³/mol. The topological polar surface area (TPSA) is 63.8 Å². The molecule has 6 heteroatoms. The van der Waals surface area contributed by atoms with Crippen LogP contribution in [0.3, 0.4) is 0 Å². The third-order valence-electron chi connectivity index (χ3n) is 5.94. The summed E-state index contributed by atoms with van der Waals surface area (Å²) >= 11 is 0. The highest BCUT2D eigenvalue weighted by Gasteiger charge is 2.42. The van der Waals surface area contributed by atoms with Crippen molar-refractivity contribution in [1.82, 2.24) is 19.7 Å². The van der Waals surface area contributed by atoms with Gasteiger partial charge in [0.05, 0.1) is 6.20 Å². The van der Waals surface area contributed by atoms with Crippen molar-refractivity contribution >= 4 is 0 Å². The normalized spacial score (nSPS) is 16.3. The zero-order valence-corrected chi connectivity index (χ0v) is 16.3. The number of benzene rings is 2. The van der Waals surface area contributed by atoms with Gasteiger partial charge in [-0.3, -0.25) is 4.98 Å². The zero-order chi connectivity index (χ0) is 20.6. The molecule has 5 rings (SSSR count). The van der Waals surface area contributed by atoms with Crippen LogP contribution < -0.4 is 0 Å². The number of aromatic nitrogens is 4. The lowest BCUT2D eigenvalue weighted by Crippen LogP contribution is -2.40. The van der Waals surface area contributed by atoms with Gasteiger partial charge < -0.3 is 9.67 Å². The molecule has 5 nitrogen and oxygen atoms in total. The van der Waals surface area contributed by atoms with Gasteiger partial charge in [0.15, 0.2) is 5.82 Å². The molecule has 0 bridgehead atoms. The quantitative estimate of drug-likeness (QED) is 0.563. The molecule has 1 aliphatic rings. The molecule has 0 radical (unpaired) electrons. The van der Waals surface area contributed by atoms with E-state index in [0.717, 1.165) is 23.4 Å². The lowest BCUT2D eigenvalue weighted by Gasteiger charge is -2.39. The summed E-state index contributed by atoms with van der Waals surface area (Å²) in [6.45, 7) is 0.640. The van der Waals surface area contributed by atoms with Crippen molar-refractivity contribution in [2.24, 2.45) is 5.92 Å². The van der Waals surface area contributed by atoms with Gasteiger partial charge in [0.2, 0.25) is 0 Å². The molecule has 30 heavy (non-hydrogen) atoms. The van der Waals surface area contributed by atoms with E-state index in [-0.39, 0.29) is 5.92 Å². The highest BCUT2D eigenvalue weighted by molar-refractivity contribution is 5.54. The van der Waals surface area contributed by atoms with E-state index in [0.29, 0.717) is 24.4 Å². The number of halogens is 1. The maximum atomic E-state index is 13.6. The SMILES string of the molecule is OC(c1ccccc1)(c1ccccc1)C1CCn2c(nnc2-c2cncc(F)c2)C1. The molecule has 1 aliphatic heterocycles. The van der Waals surface area contributed by atoms with Gasteiger partial charge >= 0.3 is 0 Å². The Kier molecular flexibility index (Phi) is 4.64. The van der Waals surface area contributed by atoms with E-state index >= 15 is 0 Å². The van der Waals surface area contributed by atoms with Crippen LogP contribution in [-0.4, -0.2) is 24.9 Å². The summed E-state index contributed by atoms with van der Waals surface area (Å²) < 4.78 is 15.6. The fourth-order valence-corrected chi connectivity index (χ4v) is 4.46. The second-order valence-corrected chi connectivity index (χ2v) is 7.67. The summed E-state index contributed by atoms with van der Waals surface area (Å²) in [5.74, 6) is 0.924. The lowest BCUT2D eigenvalue weighted by molar-refractivity contribution is 0.00417. The zero-order valence-electron chi connectivity index (χ0n) is 16.3. The summed E-state index contributed by atoms with van der Waals surface area (Å²) in [5, 5.41) is 20.7. The fourth-order valence-electron chi connectivity index (χ4n) is 4.46. The van der Waals surface area contributed by atoms with E-state index in [1.54, 1.807) is 6.20 Å². The van der Waals surface area contributed by atoms with Crippen LogP contribution in [0.1, 0.15) is 23.4 Å². The molecule has 1 N–H and O–H groups in total. The molecule has 0 fully saturated rings. The standard InChI is InChI=1S/C24H21FN4O/c25-21-13-17(15-26-16-21)23-28-27-22-14-20(11-12-29(22)23)24(30,18-7-3-1-4-8-18)19-9-5-2-6-10-19/h1-10,13,15-16,20,30H,11-12,14H2. The van der Waals surface area contributed by atoms with E-state index < -0.39 is 11.4 Å². The monoisotopic (exact) mass is 400 g/mol. The van der Waals surface area contributed by atoms with Crippen molar-refractivity contribution in [1.29, 1.82) is 0 Å². The molecule has 0 spiro atoms. The summed E-state index contributed by atoms with van der Waals surface area (Å²) in [4.78, 5) is 3.93. The Hall–Kier alpha value is -3.38. The van der Waals surface area contributed by atoms with Crippen LogP contribution in [0.15, 0.2) is 79.1 Å². The maximum Gasteiger partial charge on any atom is 0.165 e. The average Bonchev–Trinajstić information content (AvgIpc) is 3.23. The minimum Gasteiger partial charge on any atom is -0.380 e. The second kappa shape index (κ2) is 7.46. The highest BCUT2D eigenvalue weighted by atomic mass is 19.1. The molecular weight excluding hydrogens is 379 g/mol. The molecule has 2 aromatic carbocycles. The highest BCUT2D eigenvalue weighted by Crippen LogP contribution is 2.42. The van der Waals surface area contributed by atoms with Gasteiger partial charge in [-0.1, -0.05) is 60.7 Å². The molecule has 0 saturated heterocycles. The van der Waals surface area contributed by atoms with E-state index in [1.807, 2.05) is 65.2 Å². The number of hydrogen-bond donors (Lipinski definition) is 1. The number of nitrogens with zero attached hydrogens (tertiary/aromatic N) is 4. The number of aliphatic hydroxyl groups is 1. The number of pyridine rings is 1. The van der Waals surface area contributed by atoms with Gasteiger partial charge in [-0.05, 0) is 23.6 Å². The third-order valence-corrected chi connectivity index (χ3v) is 5.94. The molecule has 1 atom stereocenters. The molecule has 4 aromatic rings. The van der Waals surface area contributed by atoms with E-state index in [9.17, 15) is 9.50 Å². The van der Waals surface area contributed by atoms with Crippen molar-refractivity contribution in [2.45, 2.75) is 25.0 Å². The number of fused-ring (bicyclic) bond motifs is 1. The summed E-state index contributed by atoms with van der Waals surface area (Å²) in [6.07, 6.45) is 4.07. The minimum atomic E-state index is -1.14. The third kappa shape index (κ3) is 3.09. The first-order valence-electron chi connectivity index (χ1n) is 10.0. The van der Waals surface area contributed by atoms with Crippen LogP contribution in [0, 0.1) is 11.7 Å². The van der Waals surface area contributed by atoms with Crippen LogP contribution >= 0.6 is 0 Å². The van der Waals surface area contributed by atoms with E-state index in [4.69, 9.17) is 0 Å². The molecular formula is C24H21FN4O. The maximum absolute atomic E-state index is 13.6.